The standard InChI is InChI=1S/C51H99NO5/c1-3-5-7-9-11-13-15-16-17-18-19-20-21-25-29-33-37-41-45-51(56)57-46-42-38-34-30-26-23-22-24-28-32-36-40-44-50(55)52-48(47-53)49(54)43-39-35-31-27-14-12-10-8-6-4-2/h17-18,48-49,53-54H,3-16,19-47H2,1-2H3,(H,52,55)/b18-17-. The van der Waals surface area contributed by atoms with Gasteiger partial charge in [0.2, 0.25) is 5.91 Å². The third kappa shape index (κ3) is 44.0. The van der Waals surface area contributed by atoms with Gasteiger partial charge in [-0.1, -0.05) is 225 Å². The number of ether oxygens (including phenoxy) is 1. The predicted octanol–water partition coefficient (Wildman–Crippen LogP) is 15.0. The van der Waals surface area contributed by atoms with Crippen LogP contribution in [0.2, 0.25) is 0 Å². The maximum Gasteiger partial charge on any atom is 0.305 e. The van der Waals surface area contributed by atoms with Crippen LogP contribution in [0.25, 0.3) is 0 Å². The van der Waals surface area contributed by atoms with E-state index in [2.05, 4.69) is 31.3 Å². The first kappa shape index (κ1) is 55.6. The molecule has 6 nitrogen and oxygen atoms in total. The predicted molar refractivity (Wildman–Crippen MR) is 246 cm³/mol. The van der Waals surface area contributed by atoms with Gasteiger partial charge in [0, 0.05) is 12.8 Å². The molecular weight excluding hydrogens is 707 g/mol. The first-order chi connectivity index (χ1) is 28.0. The van der Waals surface area contributed by atoms with Crippen molar-refractivity contribution >= 4 is 11.9 Å². The van der Waals surface area contributed by atoms with Crippen LogP contribution in [0.4, 0.5) is 0 Å². The number of hydrogen-bond acceptors (Lipinski definition) is 5. The topological polar surface area (TPSA) is 95.9 Å². The molecule has 0 radical (unpaired) electrons. The molecule has 0 rings (SSSR count). The molecule has 2 unspecified atom stereocenters. The van der Waals surface area contributed by atoms with Gasteiger partial charge in [0.25, 0.3) is 0 Å². The monoisotopic (exact) mass is 806 g/mol. The van der Waals surface area contributed by atoms with Gasteiger partial charge in [-0.2, -0.15) is 0 Å². The summed E-state index contributed by atoms with van der Waals surface area (Å²) >= 11 is 0. The van der Waals surface area contributed by atoms with Crippen molar-refractivity contribution in [3.8, 4) is 0 Å². The maximum absolute atomic E-state index is 12.4. The van der Waals surface area contributed by atoms with Crippen molar-refractivity contribution in [1.29, 1.82) is 0 Å². The summed E-state index contributed by atoms with van der Waals surface area (Å²) in [7, 11) is 0. The smallest absolute Gasteiger partial charge is 0.305 e. The Bertz CT molecular complexity index is 847. The molecule has 6 heteroatoms. The van der Waals surface area contributed by atoms with Crippen molar-refractivity contribution in [1.82, 2.24) is 5.32 Å². The number of aliphatic hydroxyl groups excluding tert-OH is 2. The molecule has 0 bridgehead atoms. The zero-order valence-corrected chi connectivity index (χ0v) is 38.3. The summed E-state index contributed by atoms with van der Waals surface area (Å²) in [6, 6.07) is -0.550. The number of allylic oxidation sites excluding steroid dienone is 2. The van der Waals surface area contributed by atoms with Crippen LogP contribution in [-0.4, -0.2) is 47.4 Å². The molecule has 57 heavy (non-hydrogen) atoms. The van der Waals surface area contributed by atoms with Crippen LogP contribution < -0.4 is 5.32 Å². The lowest BCUT2D eigenvalue weighted by Gasteiger charge is -2.22. The third-order valence-electron chi connectivity index (χ3n) is 11.8. The van der Waals surface area contributed by atoms with Crippen LogP contribution >= 0.6 is 0 Å². The lowest BCUT2D eigenvalue weighted by atomic mass is 10.0. The van der Waals surface area contributed by atoms with Crippen molar-refractivity contribution in [3.63, 3.8) is 0 Å². The maximum atomic E-state index is 12.4. The first-order valence-corrected chi connectivity index (χ1v) is 25.4. The number of aliphatic hydroxyl groups is 2. The van der Waals surface area contributed by atoms with E-state index in [1.807, 2.05) is 0 Å². The lowest BCUT2D eigenvalue weighted by Crippen LogP contribution is -2.45. The second-order valence-corrected chi connectivity index (χ2v) is 17.5. The molecule has 0 saturated heterocycles. The molecule has 0 spiro atoms. The highest BCUT2D eigenvalue weighted by Crippen LogP contribution is 2.16. The molecule has 0 aromatic heterocycles. The Balaban J connectivity index is 3.42. The zero-order chi connectivity index (χ0) is 41.5. The Hall–Kier alpha value is -1.40. The van der Waals surface area contributed by atoms with Crippen molar-refractivity contribution < 1.29 is 24.5 Å². The van der Waals surface area contributed by atoms with E-state index in [0.29, 0.717) is 25.9 Å². The summed E-state index contributed by atoms with van der Waals surface area (Å²) in [6.45, 7) is 4.90. The van der Waals surface area contributed by atoms with Crippen molar-refractivity contribution in [2.45, 2.75) is 289 Å². The van der Waals surface area contributed by atoms with Gasteiger partial charge in [-0.05, 0) is 51.4 Å². The lowest BCUT2D eigenvalue weighted by molar-refractivity contribution is -0.143. The fourth-order valence-corrected chi connectivity index (χ4v) is 7.87. The summed E-state index contributed by atoms with van der Waals surface area (Å²) in [5.41, 5.74) is 0. The fourth-order valence-electron chi connectivity index (χ4n) is 7.87. The summed E-state index contributed by atoms with van der Waals surface area (Å²) in [5.74, 6) is -0.0643. The van der Waals surface area contributed by atoms with E-state index < -0.39 is 12.1 Å². The van der Waals surface area contributed by atoms with Gasteiger partial charge < -0.3 is 20.3 Å². The van der Waals surface area contributed by atoms with E-state index in [9.17, 15) is 19.8 Å². The molecule has 0 heterocycles. The number of unbranched alkanes of at least 4 members (excludes halogenated alkanes) is 34. The van der Waals surface area contributed by atoms with Crippen molar-refractivity contribution in [2.75, 3.05) is 13.2 Å². The SMILES string of the molecule is CCCCCCCCC/C=C\CCCCCCCCCC(=O)OCCCCCCCCCCCCCCC(=O)NC(CO)C(O)CCCCCCCCCCCC. The highest BCUT2D eigenvalue weighted by atomic mass is 16.5. The molecule has 0 aromatic rings. The number of hydrogen-bond donors (Lipinski definition) is 3. The van der Waals surface area contributed by atoms with E-state index in [4.69, 9.17) is 4.74 Å². The average Bonchev–Trinajstić information content (AvgIpc) is 3.21. The average molecular weight is 806 g/mol. The minimum Gasteiger partial charge on any atom is -0.466 e. The molecule has 3 N–H and O–H groups in total. The van der Waals surface area contributed by atoms with Crippen molar-refractivity contribution in [2.24, 2.45) is 0 Å². The van der Waals surface area contributed by atoms with E-state index in [1.54, 1.807) is 0 Å². The molecule has 0 aliphatic rings. The molecule has 1 amide bonds. The van der Waals surface area contributed by atoms with E-state index in [-0.39, 0.29) is 18.5 Å². The van der Waals surface area contributed by atoms with Crippen LogP contribution in [0, 0.1) is 0 Å². The molecule has 0 aliphatic heterocycles. The fraction of sp³-hybridized carbons (Fsp3) is 0.922. The van der Waals surface area contributed by atoms with Gasteiger partial charge in [-0.3, -0.25) is 9.59 Å². The van der Waals surface area contributed by atoms with Gasteiger partial charge in [0.05, 0.1) is 25.4 Å². The van der Waals surface area contributed by atoms with Gasteiger partial charge in [0.1, 0.15) is 0 Å². The second kappa shape index (κ2) is 47.3. The second-order valence-electron chi connectivity index (χ2n) is 17.5. The van der Waals surface area contributed by atoms with E-state index >= 15 is 0 Å². The Labute approximate surface area is 355 Å². The Morgan fingerprint density at radius 2 is 0.825 bits per heavy atom. The van der Waals surface area contributed by atoms with Crippen LogP contribution in [0.15, 0.2) is 12.2 Å². The van der Waals surface area contributed by atoms with Crippen LogP contribution in [0.1, 0.15) is 277 Å². The highest BCUT2D eigenvalue weighted by Gasteiger charge is 2.20. The minimum atomic E-state index is -0.672. The highest BCUT2D eigenvalue weighted by molar-refractivity contribution is 5.76. The summed E-state index contributed by atoms with van der Waals surface area (Å²) in [6.07, 6.45) is 53.2. The zero-order valence-electron chi connectivity index (χ0n) is 38.3. The summed E-state index contributed by atoms with van der Waals surface area (Å²) in [4.78, 5) is 24.4. The Kier molecular flexibility index (Phi) is 46.1. The molecule has 0 aromatic carbocycles. The van der Waals surface area contributed by atoms with E-state index in [0.717, 1.165) is 57.8 Å². The quantitative estimate of drug-likeness (QED) is 0.0323. The number of rotatable bonds is 47. The Morgan fingerprint density at radius 3 is 1.25 bits per heavy atom. The van der Waals surface area contributed by atoms with Crippen LogP contribution in [0.5, 0.6) is 0 Å². The summed E-state index contributed by atoms with van der Waals surface area (Å²) in [5, 5.41) is 23.1. The number of carbonyl (C=O) groups excluding carboxylic acids is 2. The number of carbonyl (C=O) groups is 2. The Morgan fingerprint density at radius 1 is 0.474 bits per heavy atom. The van der Waals surface area contributed by atoms with Gasteiger partial charge >= 0.3 is 5.97 Å². The van der Waals surface area contributed by atoms with Gasteiger partial charge in [-0.25, -0.2) is 0 Å². The molecule has 2 atom stereocenters. The molecule has 0 fully saturated rings. The van der Waals surface area contributed by atoms with E-state index in [1.165, 1.54) is 186 Å². The number of nitrogens with one attached hydrogen (secondary N) is 1. The van der Waals surface area contributed by atoms with Crippen LogP contribution in [0.3, 0.4) is 0 Å². The van der Waals surface area contributed by atoms with Gasteiger partial charge in [0.15, 0.2) is 0 Å². The summed E-state index contributed by atoms with van der Waals surface area (Å²) < 4.78 is 5.47. The normalized spacial score (nSPS) is 12.7. The molecule has 0 saturated carbocycles. The molecular formula is C51H99NO5. The number of amides is 1. The van der Waals surface area contributed by atoms with Crippen molar-refractivity contribution in [3.05, 3.63) is 12.2 Å². The third-order valence-corrected chi connectivity index (χ3v) is 11.8. The first-order valence-electron chi connectivity index (χ1n) is 25.4. The minimum absolute atomic E-state index is 0.0123. The number of esters is 1. The van der Waals surface area contributed by atoms with Crippen LogP contribution in [-0.2, 0) is 14.3 Å². The van der Waals surface area contributed by atoms with Gasteiger partial charge in [-0.15, -0.1) is 0 Å². The molecule has 0 aliphatic carbocycles. The molecule has 338 valence electrons. The largest absolute Gasteiger partial charge is 0.466 e.